The van der Waals surface area contributed by atoms with Gasteiger partial charge in [-0.3, -0.25) is 0 Å². The Labute approximate surface area is 99.9 Å². The highest BCUT2D eigenvalue weighted by Gasteiger charge is 2.32. The van der Waals surface area contributed by atoms with E-state index >= 15 is 0 Å². The van der Waals surface area contributed by atoms with E-state index in [4.69, 9.17) is 0 Å². The topological polar surface area (TPSA) is 17.1 Å². The fraction of sp³-hybridized carbons (Fsp3) is 0.500. The Morgan fingerprint density at radius 1 is 1.25 bits per heavy atom. The van der Waals surface area contributed by atoms with Gasteiger partial charge in [0.1, 0.15) is 6.29 Å². The highest BCUT2D eigenvalue weighted by atomic mass is 28.3. The second kappa shape index (κ2) is 5.99. The van der Waals surface area contributed by atoms with Crippen molar-refractivity contribution < 1.29 is 4.79 Å². The molecular weight excluding hydrogens is 212 g/mol. The zero-order valence-corrected chi connectivity index (χ0v) is 11.6. The first-order valence-corrected chi connectivity index (χ1v) is 9.21. The largest absolute Gasteiger partial charge is 0.303 e. The van der Waals surface area contributed by atoms with Crippen LogP contribution in [-0.2, 0) is 4.79 Å². The quantitative estimate of drug-likeness (QED) is 0.545. The number of carbonyl (C=O) groups is 1. The summed E-state index contributed by atoms with van der Waals surface area (Å²) in [6.07, 6.45) is 4.57. The van der Waals surface area contributed by atoms with Gasteiger partial charge in [-0.2, -0.15) is 0 Å². The van der Waals surface area contributed by atoms with E-state index in [0.717, 1.165) is 12.8 Å². The molecule has 0 unspecified atom stereocenters. The van der Waals surface area contributed by atoms with Crippen molar-refractivity contribution in [1.82, 2.24) is 0 Å². The summed E-state index contributed by atoms with van der Waals surface area (Å²) in [5, 5.41) is 1.39. The first-order valence-electron chi connectivity index (χ1n) is 6.13. The van der Waals surface area contributed by atoms with Crippen molar-refractivity contribution in [2.24, 2.45) is 0 Å². The van der Waals surface area contributed by atoms with Crippen molar-refractivity contribution in [2.75, 3.05) is 0 Å². The number of unbranched alkanes of at least 4 members (excludes halogenated alkanes) is 1. The lowest BCUT2D eigenvalue weighted by Gasteiger charge is -2.29. The van der Waals surface area contributed by atoms with E-state index in [-0.39, 0.29) is 5.54 Å². The van der Waals surface area contributed by atoms with Crippen molar-refractivity contribution >= 4 is 19.5 Å². The Morgan fingerprint density at radius 2 is 1.88 bits per heavy atom. The number of hydrogen-bond acceptors (Lipinski definition) is 1. The molecule has 0 aliphatic heterocycles. The molecule has 88 valence electrons. The predicted octanol–water partition coefficient (Wildman–Crippen LogP) is 3.36. The van der Waals surface area contributed by atoms with Crippen LogP contribution in [0.15, 0.2) is 30.3 Å². The summed E-state index contributed by atoms with van der Waals surface area (Å²) >= 11 is 0. The third-order valence-electron chi connectivity index (χ3n) is 3.48. The average Bonchev–Trinajstić information content (AvgIpc) is 2.31. The van der Waals surface area contributed by atoms with Crippen LogP contribution in [0.4, 0.5) is 0 Å². The van der Waals surface area contributed by atoms with Crippen molar-refractivity contribution in [2.45, 2.75) is 44.8 Å². The van der Waals surface area contributed by atoms with Gasteiger partial charge in [0.05, 0.1) is 8.07 Å². The van der Waals surface area contributed by atoms with Gasteiger partial charge in [-0.15, -0.1) is 0 Å². The summed E-state index contributed by atoms with van der Waals surface area (Å²) < 4.78 is 0. The molecule has 0 spiro atoms. The Morgan fingerprint density at radius 3 is 2.38 bits per heavy atom. The van der Waals surface area contributed by atoms with Crippen molar-refractivity contribution in [1.29, 1.82) is 0 Å². The third-order valence-corrected chi connectivity index (χ3v) is 7.58. The van der Waals surface area contributed by atoms with Crippen LogP contribution in [0.3, 0.4) is 0 Å². The molecular formula is C14H22OSi. The Kier molecular flexibility index (Phi) is 4.94. The number of benzene rings is 1. The van der Waals surface area contributed by atoms with Crippen molar-refractivity contribution in [3.05, 3.63) is 30.3 Å². The summed E-state index contributed by atoms with van der Waals surface area (Å²) in [5.41, 5.74) is 0.259. The SMILES string of the molecule is CCCC[C@@H](C=O)[Si](C)(C)c1ccccc1. The number of carbonyl (C=O) groups excluding carboxylic acids is 1. The van der Waals surface area contributed by atoms with E-state index in [2.05, 4.69) is 44.3 Å². The molecule has 1 rings (SSSR count). The Balaban J connectivity index is 2.85. The maximum absolute atomic E-state index is 11.3. The number of rotatable bonds is 6. The van der Waals surface area contributed by atoms with Crippen molar-refractivity contribution in [3.63, 3.8) is 0 Å². The fourth-order valence-corrected chi connectivity index (χ4v) is 4.85. The molecule has 0 bridgehead atoms. The van der Waals surface area contributed by atoms with Gasteiger partial charge >= 0.3 is 0 Å². The molecule has 1 aromatic carbocycles. The van der Waals surface area contributed by atoms with E-state index in [0.29, 0.717) is 0 Å². The highest BCUT2D eigenvalue weighted by molar-refractivity contribution is 6.92. The average molecular weight is 234 g/mol. The minimum Gasteiger partial charge on any atom is -0.303 e. The van der Waals surface area contributed by atoms with Crippen LogP contribution in [0.5, 0.6) is 0 Å². The summed E-state index contributed by atoms with van der Waals surface area (Å²) in [4.78, 5) is 11.3. The summed E-state index contributed by atoms with van der Waals surface area (Å²) in [6.45, 7) is 6.78. The minimum absolute atomic E-state index is 0.259. The molecule has 1 aromatic rings. The lowest BCUT2D eigenvalue weighted by Crippen LogP contribution is -2.46. The highest BCUT2D eigenvalue weighted by Crippen LogP contribution is 2.25. The van der Waals surface area contributed by atoms with Crippen LogP contribution >= 0.6 is 0 Å². The molecule has 16 heavy (non-hydrogen) atoms. The summed E-state index contributed by atoms with van der Waals surface area (Å²) in [7, 11) is -1.61. The summed E-state index contributed by atoms with van der Waals surface area (Å²) in [6, 6.07) is 10.5. The predicted molar refractivity (Wildman–Crippen MR) is 72.9 cm³/mol. The molecule has 0 amide bonds. The molecule has 0 aliphatic carbocycles. The molecule has 0 saturated heterocycles. The molecule has 0 fully saturated rings. The van der Waals surface area contributed by atoms with E-state index in [1.165, 1.54) is 17.9 Å². The van der Waals surface area contributed by atoms with Crippen LogP contribution in [0.25, 0.3) is 0 Å². The normalized spacial score (nSPS) is 13.4. The van der Waals surface area contributed by atoms with Gasteiger partial charge in [0.15, 0.2) is 0 Å². The molecule has 1 nitrogen and oxygen atoms in total. The molecule has 0 radical (unpaired) electrons. The van der Waals surface area contributed by atoms with Gasteiger partial charge in [-0.05, 0) is 6.42 Å². The fourth-order valence-electron chi connectivity index (χ4n) is 2.10. The minimum atomic E-state index is -1.61. The van der Waals surface area contributed by atoms with E-state index in [1.807, 2.05) is 6.07 Å². The monoisotopic (exact) mass is 234 g/mol. The molecule has 1 atom stereocenters. The van der Waals surface area contributed by atoms with Gasteiger partial charge < -0.3 is 4.79 Å². The van der Waals surface area contributed by atoms with E-state index in [1.54, 1.807) is 0 Å². The number of hydrogen-bond donors (Lipinski definition) is 0. The molecule has 0 N–H and O–H groups in total. The standard InChI is InChI=1S/C14H22OSi/c1-4-5-9-14(12-15)16(2,3)13-10-7-6-8-11-13/h6-8,10-12,14H,4-5,9H2,1-3H3/t14-/m0/s1. The van der Waals surface area contributed by atoms with Crippen LogP contribution in [0, 0.1) is 0 Å². The first kappa shape index (κ1) is 13.2. The zero-order valence-electron chi connectivity index (χ0n) is 10.6. The van der Waals surface area contributed by atoms with E-state index in [9.17, 15) is 4.79 Å². The van der Waals surface area contributed by atoms with Crippen LogP contribution in [0.2, 0.25) is 18.6 Å². The van der Waals surface area contributed by atoms with Crippen LogP contribution in [-0.4, -0.2) is 14.4 Å². The smallest absolute Gasteiger partial charge is 0.120 e. The van der Waals surface area contributed by atoms with Gasteiger partial charge in [-0.25, -0.2) is 0 Å². The summed E-state index contributed by atoms with van der Waals surface area (Å²) in [5.74, 6) is 0. The van der Waals surface area contributed by atoms with Gasteiger partial charge in [0, 0.05) is 5.54 Å². The second-order valence-electron chi connectivity index (χ2n) is 4.97. The van der Waals surface area contributed by atoms with Crippen LogP contribution < -0.4 is 5.19 Å². The Bertz CT molecular complexity index is 319. The lowest BCUT2D eigenvalue weighted by atomic mass is 10.2. The first-order chi connectivity index (χ1) is 7.62. The van der Waals surface area contributed by atoms with Crippen molar-refractivity contribution in [3.8, 4) is 0 Å². The molecule has 0 aliphatic rings. The van der Waals surface area contributed by atoms with Crippen LogP contribution in [0.1, 0.15) is 26.2 Å². The Hall–Kier alpha value is -0.893. The van der Waals surface area contributed by atoms with Gasteiger partial charge in [0.25, 0.3) is 0 Å². The molecule has 0 saturated carbocycles. The maximum Gasteiger partial charge on any atom is 0.120 e. The lowest BCUT2D eigenvalue weighted by molar-refractivity contribution is -0.108. The van der Waals surface area contributed by atoms with Gasteiger partial charge in [0.2, 0.25) is 0 Å². The molecule has 0 aromatic heterocycles. The van der Waals surface area contributed by atoms with Gasteiger partial charge in [-0.1, -0.05) is 68.4 Å². The molecule has 2 heteroatoms. The second-order valence-corrected chi connectivity index (χ2v) is 9.73. The zero-order chi connectivity index (χ0) is 12.0. The third kappa shape index (κ3) is 3.05. The van der Waals surface area contributed by atoms with E-state index < -0.39 is 8.07 Å². The maximum atomic E-state index is 11.3. The molecule has 0 heterocycles. The number of aldehydes is 1.